The van der Waals surface area contributed by atoms with Gasteiger partial charge < -0.3 is 4.98 Å². The molecule has 0 aliphatic carbocycles. The van der Waals surface area contributed by atoms with Gasteiger partial charge in [-0.3, -0.25) is 14.3 Å². The predicted molar refractivity (Wildman–Crippen MR) is 113 cm³/mol. The van der Waals surface area contributed by atoms with E-state index in [0.29, 0.717) is 33.1 Å². The first-order chi connectivity index (χ1) is 14.5. The lowest BCUT2D eigenvalue weighted by atomic mass is 10.2. The molecule has 2 N–H and O–H groups in total. The maximum atomic E-state index is 13.4. The number of nitrogens with one attached hydrogen (secondary N) is 2. The molecule has 0 atom stereocenters. The van der Waals surface area contributed by atoms with Gasteiger partial charge in [-0.25, -0.2) is 9.18 Å². The zero-order valence-electron chi connectivity index (χ0n) is 15.4. The van der Waals surface area contributed by atoms with Gasteiger partial charge in [-0.15, -0.1) is 10.2 Å². The molecule has 0 saturated heterocycles. The van der Waals surface area contributed by atoms with Crippen molar-refractivity contribution in [1.82, 2.24) is 24.7 Å². The Morgan fingerprint density at radius 1 is 1.03 bits per heavy atom. The van der Waals surface area contributed by atoms with Gasteiger partial charge in [0.2, 0.25) is 0 Å². The maximum absolute atomic E-state index is 13.4. The number of rotatable bonds is 6. The summed E-state index contributed by atoms with van der Waals surface area (Å²) in [6, 6.07) is 14.7. The van der Waals surface area contributed by atoms with E-state index in [-0.39, 0.29) is 12.2 Å². The average molecular weight is 444 g/mol. The van der Waals surface area contributed by atoms with Crippen molar-refractivity contribution in [3.63, 3.8) is 0 Å². The summed E-state index contributed by atoms with van der Waals surface area (Å²) in [6.07, 6.45) is 0.163. The molecular weight excluding hydrogens is 429 g/mol. The predicted octanol–water partition coefficient (Wildman–Crippen LogP) is 3.32. The van der Waals surface area contributed by atoms with Crippen LogP contribution in [0.15, 0.2) is 69.3 Å². The molecule has 0 radical (unpaired) electrons. The molecule has 152 valence electrons. The molecule has 0 unspecified atom stereocenters. The summed E-state index contributed by atoms with van der Waals surface area (Å²) >= 11 is 7.67. The number of aromatic amines is 2. The van der Waals surface area contributed by atoms with E-state index in [2.05, 4.69) is 20.2 Å². The van der Waals surface area contributed by atoms with Crippen LogP contribution in [0.4, 0.5) is 4.39 Å². The molecule has 0 aliphatic rings. The number of H-pyrrole nitrogens is 2. The van der Waals surface area contributed by atoms with Gasteiger partial charge in [0.25, 0.3) is 5.56 Å². The fraction of sp³-hybridized carbons (Fsp3) is 0.100. The molecule has 2 aromatic carbocycles. The molecule has 0 spiro atoms. The second kappa shape index (κ2) is 8.68. The lowest BCUT2D eigenvalue weighted by Crippen LogP contribution is -2.23. The molecule has 0 fully saturated rings. The number of nitrogens with zero attached hydrogens (tertiary/aromatic N) is 3. The van der Waals surface area contributed by atoms with Crippen LogP contribution in [0, 0.1) is 5.82 Å². The first-order valence-corrected chi connectivity index (χ1v) is 10.2. The molecule has 0 aliphatic heterocycles. The Hall–Kier alpha value is -3.17. The Morgan fingerprint density at radius 2 is 1.80 bits per heavy atom. The van der Waals surface area contributed by atoms with Gasteiger partial charge in [-0.05, 0) is 35.9 Å². The largest absolute Gasteiger partial charge is 0.325 e. The number of hydrogen-bond donors (Lipinski definition) is 2. The minimum absolute atomic E-state index is 0.163. The van der Waals surface area contributed by atoms with Crippen LogP contribution in [-0.4, -0.2) is 24.7 Å². The number of hydrogen-bond acceptors (Lipinski definition) is 5. The molecule has 7 nitrogen and oxygen atoms in total. The van der Waals surface area contributed by atoms with Gasteiger partial charge in [0.1, 0.15) is 11.6 Å². The summed E-state index contributed by atoms with van der Waals surface area (Å²) in [5.41, 5.74) is 0.888. The van der Waals surface area contributed by atoms with Crippen LogP contribution in [0.1, 0.15) is 17.1 Å². The quantitative estimate of drug-likeness (QED) is 0.446. The van der Waals surface area contributed by atoms with E-state index in [1.165, 1.54) is 30.0 Å². The van der Waals surface area contributed by atoms with Gasteiger partial charge in [0.05, 0.1) is 0 Å². The molecule has 4 aromatic rings. The van der Waals surface area contributed by atoms with Crippen molar-refractivity contribution in [3.8, 4) is 5.69 Å². The zero-order valence-corrected chi connectivity index (χ0v) is 17.0. The molecule has 30 heavy (non-hydrogen) atoms. The van der Waals surface area contributed by atoms with E-state index in [1.807, 2.05) is 24.3 Å². The maximum Gasteiger partial charge on any atom is 0.325 e. The van der Waals surface area contributed by atoms with Crippen molar-refractivity contribution in [2.24, 2.45) is 0 Å². The number of benzene rings is 2. The van der Waals surface area contributed by atoms with Crippen LogP contribution in [-0.2, 0) is 12.2 Å². The zero-order chi connectivity index (χ0) is 21.1. The normalized spacial score (nSPS) is 11.0. The van der Waals surface area contributed by atoms with Crippen molar-refractivity contribution in [1.29, 1.82) is 0 Å². The molecule has 2 aromatic heterocycles. The summed E-state index contributed by atoms with van der Waals surface area (Å²) in [7, 11) is 0. The fourth-order valence-electron chi connectivity index (χ4n) is 2.90. The monoisotopic (exact) mass is 443 g/mol. The van der Waals surface area contributed by atoms with E-state index in [1.54, 1.807) is 16.7 Å². The highest BCUT2D eigenvalue weighted by atomic mass is 35.5. The van der Waals surface area contributed by atoms with Crippen molar-refractivity contribution in [2.75, 3.05) is 0 Å². The minimum atomic E-state index is -0.598. The van der Waals surface area contributed by atoms with Crippen LogP contribution in [0.3, 0.4) is 0 Å². The summed E-state index contributed by atoms with van der Waals surface area (Å²) < 4.78 is 15.2. The fourth-order valence-corrected chi connectivity index (χ4v) is 4.16. The Kier molecular flexibility index (Phi) is 5.82. The summed E-state index contributed by atoms with van der Waals surface area (Å²) in [6.45, 7) is 0. The first kappa shape index (κ1) is 20.1. The van der Waals surface area contributed by atoms with Crippen molar-refractivity contribution in [2.45, 2.75) is 17.3 Å². The molecule has 10 heteroatoms. The molecule has 0 saturated carbocycles. The SMILES string of the molecule is O=c1cc(Cc2nnc(SCc3ccccc3Cl)n2-c2ccc(F)cc2)[nH]c(=O)[nH]1. The van der Waals surface area contributed by atoms with E-state index < -0.39 is 11.2 Å². The lowest BCUT2D eigenvalue weighted by Gasteiger charge is -2.11. The standard InChI is InChI=1S/C20H15ClFN5O2S/c21-16-4-2-1-3-12(16)11-30-20-26-25-17(9-14-10-18(28)24-19(29)23-14)27(20)15-7-5-13(22)6-8-15/h1-8,10H,9,11H2,(H2,23,24,28,29). The van der Waals surface area contributed by atoms with Crippen LogP contribution in [0.25, 0.3) is 5.69 Å². The van der Waals surface area contributed by atoms with Gasteiger partial charge in [-0.1, -0.05) is 41.6 Å². The molecule has 0 amide bonds. The highest BCUT2D eigenvalue weighted by Crippen LogP contribution is 2.28. The van der Waals surface area contributed by atoms with Crippen molar-refractivity contribution < 1.29 is 4.39 Å². The molecule has 0 bridgehead atoms. The Bertz CT molecular complexity index is 1270. The average Bonchev–Trinajstić information content (AvgIpc) is 3.09. The van der Waals surface area contributed by atoms with Crippen LogP contribution < -0.4 is 11.2 Å². The minimum Gasteiger partial charge on any atom is -0.311 e. The van der Waals surface area contributed by atoms with Crippen molar-refractivity contribution >= 4 is 23.4 Å². The Balaban J connectivity index is 1.71. The lowest BCUT2D eigenvalue weighted by molar-refractivity contribution is 0.627. The highest BCUT2D eigenvalue weighted by molar-refractivity contribution is 7.98. The van der Waals surface area contributed by atoms with E-state index in [4.69, 9.17) is 11.6 Å². The molecule has 4 rings (SSSR count). The topological polar surface area (TPSA) is 96.4 Å². The Labute approximate surface area is 179 Å². The molecular formula is C20H15ClFN5O2S. The number of thioether (sulfide) groups is 1. The van der Waals surface area contributed by atoms with Gasteiger partial charge in [-0.2, -0.15) is 0 Å². The van der Waals surface area contributed by atoms with Gasteiger partial charge in [0, 0.05) is 34.6 Å². The number of aromatic nitrogens is 5. The van der Waals surface area contributed by atoms with Crippen molar-refractivity contribution in [3.05, 3.63) is 103 Å². The second-order valence-corrected chi connectivity index (χ2v) is 7.73. The van der Waals surface area contributed by atoms with Gasteiger partial charge >= 0.3 is 5.69 Å². The summed E-state index contributed by atoms with van der Waals surface area (Å²) in [5.74, 6) is 0.683. The third kappa shape index (κ3) is 4.52. The van der Waals surface area contributed by atoms with E-state index >= 15 is 0 Å². The van der Waals surface area contributed by atoms with Gasteiger partial charge in [0.15, 0.2) is 5.16 Å². The third-order valence-corrected chi connectivity index (χ3v) is 5.61. The second-order valence-electron chi connectivity index (χ2n) is 6.38. The highest BCUT2D eigenvalue weighted by Gasteiger charge is 2.16. The van der Waals surface area contributed by atoms with Crippen LogP contribution in [0.5, 0.6) is 0 Å². The molecule has 2 heterocycles. The van der Waals surface area contributed by atoms with Crippen LogP contribution in [0.2, 0.25) is 5.02 Å². The van der Waals surface area contributed by atoms with E-state index in [0.717, 1.165) is 5.56 Å². The number of halogens is 2. The third-order valence-electron chi connectivity index (χ3n) is 4.26. The van der Waals surface area contributed by atoms with E-state index in [9.17, 15) is 14.0 Å². The first-order valence-electron chi connectivity index (χ1n) is 8.88. The summed E-state index contributed by atoms with van der Waals surface area (Å²) in [4.78, 5) is 27.9. The van der Waals surface area contributed by atoms with Crippen LogP contribution >= 0.6 is 23.4 Å². The smallest absolute Gasteiger partial charge is 0.311 e. The summed E-state index contributed by atoms with van der Waals surface area (Å²) in [5, 5.41) is 9.72. The Morgan fingerprint density at radius 3 is 2.53 bits per heavy atom.